The topological polar surface area (TPSA) is 64.6 Å². The van der Waals surface area contributed by atoms with Gasteiger partial charge >= 0.3 is 12.1 Å². The summed E-state index contributed by atoms with van der Waals surface area (Å²) in [6, 6.07) is 14.5. The third-order valence-corrected chi connectivity index (χ3v) is 5.72. The van der Waals surface area contributed by atoms with Gasteiger partial charge in [-0.2, -0.15) is 0 Å². The highest BCUT2D eigenvalue weighted by atomic mass is 35.5. The number of halogens is 2. The first-order chi connectivity index (χ1) is 14.5. The summed E-state index contributed by atoms with van der Waals surface area (Å²) in [7, 11) is 0. The molecule has 0 saturated heterocycles. The molecule has 3 rings (SSSR count). The van der Waals surface area contributed by atoms with Crippen LogP contribution in [0.5, 0.6) is 0 Å². The predicted molar refractivity (Wildman–Crippen MR) is 116 cm³/mol. The van der Waals surface area contributed by atoms with Gasteiger partial charge in [0, 0.05) is 22.5 Å². The molecular weight excluding hydrogens is 425 g/mol. The Balaban J connectivity index is 1.31. The van der Waals surface area contributed by atoms with Crippen LogP contribution < -0.4 is 5.32 Å². The van der Waals surface area contributed by atoms with Crippen LogP contribution in [0.1, 0.15) is 43.2 Å². The van der Waals surface area contributed by atoms with Crippen molar-refractivity contribution in [1.29, 1.82) is 0 Å². The highest BCUT2D eigenvalue weighted by Gasteiger charge is 2.25. The van der Waals surface area contributed by atoms with Crippen molar-refractivity contribution >= 4 is 35.3 Å². The van der Waals surface area contributed by atoms with E-state index in [1.807, 2.05) is 24.3 Å². The number of hydrogen-bond donors (Lipinski definition) is 1. The maximum Gasteiger partial charge on any atom is 0.407 e. The van der Waals surface area contributed by atoms with E-state index in [0.717, 1.165) is 36.8 Å². The Kier molecular flexibility index (Phi) is 8.40. The van der Waals surface area contributed by atoms with Crippen LogP contribution in [-0.2, 0) is 27.5 Å². The van der Waals surface area contributed by atoms with Gasteiger partial charge in [-0.15, -0.1) is 0 Å². The van der Waals surface area contributed by atoms with Gasteiger partial charge in [0.15, 0.2) is 0 Å². The first-order valence-electron chi connectivity index (χ1n) is 10.1. The number of ether oxygens (including phenoxy) is 2. The highest BCUT2D eigenvalue weighted by Crippen LogP contribution is 2.27. The van der Waals surface area contributed by atoms with Crippen LogP contribution in [0.25, 0.3) is 0 Å². The number of nitrogens with one attached hydrogen (secondary N) is 1. The van der Waals surface area contributed by atoms with E-state index >= 15 is 0 Å². The molecule has 160 valence electrons. The Morgan fingerprint density at radius 2 is 1.30 bits per heavy atom. The van der Waals surface area contributed by atoms with Crippen molar-refractivity contribution in [2.45, 2.75) is 51.4 Å². The second-order valence-corrected chi connectivity index (χ2v) is 8.43. The zero-order valence-corrected chi connectivity index (χ0v) is 18.1. The lowest BCUT2D eigenvalue weighted by Gasteiger charge is -2.28. The van der Waals surface area contributed by atoms with Crippen molar-refractivity contribution in [2.75, 3.05) is 0 Å². The average Bonchev–Trinajstić information content (AvgIpc) is 2.74. The van der Waals surface area contributed by atoms with Crippen LogP contribution in [0, 0.1) is 5.92 Å². The quantitative estimate of drug-likeness (QED) is 0.533. The number of hydrogen-bond acceptors (Lipinski definition) is 4. The monoisotopic (exact) mass is 449 g/mol. The van der Waals surface area contributed by atoms with E-state index in [9.17, 15) is 9.59 Å². The molecule has 0 aliphatic heterocycles. The van der Waals surface area contributed by atoms with Crippen molar-refractivity contribution in [2.24, 2.45) is 5.92 Å². The molecule has 0 heterocycles. The molecule has 0 bridgehead atoms. The fourth-order valence-electron chi connectivity index (χ4n) is 3.49. The minimum absolute atomic E-state index is 0.0732. The number of esters is 1. The Bertz CT molecular complexity index is 760. The second kappa shape index (κ2) is 11.2. The van der Waals surface area contributed by atoms with Gasteiger partial charge in [0.05, 0.1) is 0 Å². The number of carbonyl (C=O) groups is 2. The summed E-state index contributed by atoms with van der Waals surface area (Å²) in [5.74, 6) is 0.0922. The molecule has 2 aromatic rings. The number of carbonyl (C=O) groups excluding carboxylic acids is 2. The lowest BCUT2D eigenvalue weighted by molar-refractivity contribution is -0.146. The molecule has 0 aromatic heterocycles. The summed E-state index contributed by atoms with van der Waals surface area (Å²) in [5.41, 5.74) is 1.80. The molecule has 1 saturated carbocycles. The number of benzene rings is 2. The zero-order chi connectivity index (χ0) is 21.3. The molecule has 2 aromatic carbocycles. The minimum atomic E-state index is -0.421. The van der Waals surface area contributed by atoms with E-state index in [-0.39, 0.29) is 31.1 Å². The smallest absolute Gasteiger partial charge is 0.407 e. The van der Waals surface area contributed by atoms with E-state index in [0.29, 0.717) is 16.5 Å². The minimum Gasteiger partial charge on any atom is -0.461 e. The molecule has 7 heteroatoms. The van der Waals surface area contributed by atoms with Crippen LogP contribution >= 0.6 is 23.2 Å². The molecule has 0 radical (unpaired) electrons. The van der Waals surface area contributed by atoms with Crippen molar-refractivity contribution in [3.05, 3.63) is 69.7 Å². The summed E-state index contributed by atoms with van der Waals surface area (Å²) in [6.45, 7) is 0.462. The first-order valence-corrected chi connectivity index (χ1v) is 10.8. The number of rotatable bonds is 7. The molecule has 0 unspecified atom stereocenters. The first kappa shape index (κ1) is 22.4. The SMILES string of the molecule is O=C(CC1CCC(NC(=O)OCc2ccc(Cl)cc2)CC1)OCc1ccc(Cl)cc1. The number of alkyl carbamates (subject to hydrolysis) is 1. The molecule has 30 heavy (non-hydrogen) atoms. The Morgan fingerprint density at radius 3 is 1.83 bits per heavy atom. The van der Waals surface area contributed by atoms with Crippen molar-refractivity contribution in [3.8, 4) is 0 Å². The largest absolute Gasteiger partial charge is 0.461 e. The van der Waals surface area contributed by atoms with Gasteiger partial charge in [-0.1, -0.05) is 47.5 Å². The highest BCUT2D eigenvalue weighted by molar-refractivity contribution is 6.30. The van der Waals surface area contributed by atoms with Crippen LogP contribution in [0.15, 0.2) is 48.5 Å². The third kappa shape index (κ3) is 7.54. The summed E-state index contributed by atoms with van der Waals surface area (Å²) in [4.78, 5) is 24.1. The van der Waals surface area contributed by atoms with Gasteiger partial charge in [0.2, 0.25) is 0 Å². The normalized spacial score (nSPS) is 18.5. The summed E-state index contributed by atoms with van der Waals surface area (Å²) in [6.07, 6.45) is 3.38. The maximum absolute atomic E-state index is 12.1. The van der Waals surface area contributed by atoms with E-state index in [1.54, 1.807) is 24.3 Å². The molecule has 1 aliphatic carbocycles. The van der Waals surface area contributed by atoms with Gasteiger partial charge in [-0.05, 0) is 67.0 Å². The third-order valence-electron chi connectivity index (χ3n) is 5.22. The summed E-state index contributed by atoms with van der Waals surface area (Å²) >= 11 is 11.7. The Labute approximate surface area is 186 Å². The van der Waals surface area contributed by atoms with Gasteiger partial charge in [0.25, 0.3) is 0 Å². The fourth-order valence-corrected chi connectivity index (χ4v) is 3.74. The van der Waals surface area contributed by atoms with Crippen LogP contribution in [-0.4, -0.2) is 18.1 Å². The van der Waals surface area contributed by atoms with E-state index in [4.69, 9.17) is 32.7 Å². The predicted octanol–water partition coefficient (Wildman–Crippen LogP) is 5.91. The van der Waals surface area contributed by atoms with Crippen LogP contribution in [0.3, 0.4) is 0 Å². The zero-order valence-electron chi connectivity index (χ0n) is 16.6. The standard InChI is InChI=1S/C23H25Cl2NO4/c24-19-7-1-17(2-8-19)14-29-22(27)13-16-5-11-21(12-6-16)26-23(28)30-15-18-3-9-20(25)10-4-18/h1-4,7-10,16,21H,5-6,11-15H2,(H,26,28). The fraction of sp³-hybridized carbons (Fsp3) is 0.391. The maximum atomic E-state index is 12.1. The molecule has 1 amide bonds. The number of amides is 1. The van der Waals surface area contributed by atoms with Gasteiger partial charge < -0.3 is 14.8 Å². The van der Waals surface area contributed by atoms with Crippen molar-refractivity contribution in [3.63, 3.8) is 0 Å². The van der Waals surface area contributed by atoms with Crippen LogP contribution in [0.4, 0.5) is 4.79 Å². The second-order valence-electron chi connectivity index (χ2n) is 7.56. The molecule has 1 fully saturated rings. The lowest BCUT2D eigenvalue weighted by atomic mass is 9.84. The van der Waals surface area contributed by atoms with Crippen LogP contribution in [0.2, 0.25) is 10.0 Å². The van der Waals surface area contributed by atoms with Gasteiger partial charge in [-0.25, -0.2) is 4.79 Å². The average molecular weight is 450 g/mol. The molecule has 1 aliphatic rings. The van der Waals surface area contributed by atoms with Crippen molar-refractivity contribution < 1.29 is 19.1 Å². The molecular formula is C23H25Cl2NO4. The molecule has 0 spiro atoms. The molecule has 5 nitrogen and oxygen atoms in total. The van der Waals surface area contributed by atoms with E-state index < -0.39 is 6.09 Å². The van der Waals surface area contributed by atoms with Crippen molar-refractivity contribution in [1.82, 2.24) is 5.32 Å². The van der Waals surface area contributed by atoms with Gasteiger partial charge in [-0.3, -0.25) is 4.79 Å². The Morgan fingerprint density at radius 1 is 0.800 bits per heavy atom. The summed E-state index contributed by atoms with van der Waals surface area (Å²) < 4.78 is 10.6. The molecule has 1 N–H and O–H groups in total. The molecule has 0 atom stereocenters. The Hall–Kier alpha value is -2.24. The summed E-state index contributed by atoms with van der Waals surface area (Å²) in [5, 5.41) is 4.22. The van der Waals surface area contributed by atoms with Gasteiger partial charge in [0.1, 0.15) is 13.2 Å². The van der Waals surface area contributed by atoms with E-state index in [2.05, 4.69) is 5.32 Å². The lowest BCUT2D eigenvalue weighted by Crippen LogP contribution is -2.38. The van der Waals surface area contributed by atoms with E-state index in [1.165, 1.54) is 0 Å².